The van der Waals surface area contributed by atoms with Crippen LogP contribution in [-0.2, 0) is 16.1 Å². The van der Waals surface area contributed by atoms with Crippen molar-refractivity contribution in [2.45, 2.75) is 32.0 Å². The summed E-state index contributed by atoms with van der Waals surface area (Å²) in [5.41, 5.74) is 0. The monoisotopic (exact) mass is 296 g/mol. The molecule has 0 saturated carbocycles. The number of aliphatic hydroxyl groups excluding tert-OH is 1. The molecule has 0 spiro atoms. The van der Waals surface area contributed by atoms with Crippen molar-refractivity contribution in [3.05, 3.63) is 24.2 Å². The van der Waals surface area contributed by atoms with Crippen LogP contribution in [0.4, 0.5) is 0 Å². The van der Waals surface area contributed by atoms with E-state index in [4.69, 9.17) is 9.15 Å². The summed E-state index contributed by atoms with van der Waals surface area (Å²) >= 11 is 0. The van der Waals surface area contributed by atoms with Crippen molar-refractivity contribution in [1.82, 2.24) is 10.2 Å². The van der Waals surface area contributed by atoms with E-state index < -0.39 is 6.10 Å². The topological polar surface area (TPSA) is 74.9 Å². The van der Waals surface area contributed by atoms with Crippen LogP contribution >= 0.6 is 0 Å². The standard InChI is InChI=1S/C15H24N2O4/c18-13(11-20-12-14-4-3-9-21-14)10-16-6-5-15(19)17-7-1-2-8-17/h3-4,9,13,16,18H,1-2,5-8,10-12H2. The van der Waals surface area contributed by atoms with Crippen LogP contribution in [0.5, 0.6) is 0 Å². The Labute approximate surface area is 125 Å². The first-order valence-corrected chi connectivity index (χ1v) is 7.52. The van der Waals surface area contributed by atoms with Crippen molar-refractivity contribution in [2.24, 2.45) is 0 Å². The van der Waals surface area contributed by atoms with Gasteiger partial charge in [0.15, 0.2) is 0 Å². The highest BCUT2D eigenvalue weighted by Crippen LogP contribution is 2.08. The normalized spacial score (nSPS) is 16.3. The number of nitrogens with zero attached hydrogens (tertiary/aromatic N) is 1. The summed E-state index contributed by atoms with van der Waals surface area (Å²) in [6.07, 6.45) is 3.73. The minimum atomic E-state index is -0.582. The molecule has 1 aliphatic rings. The maximum absolute atomic E-state index is 11.8. The molecule has 0 bridgehead atoms. The minimum absolute atomic E-state index is 0.198. The Morgan fingerprint density at radius 3 is 3.00 bits per heavy atom. The van der Waals surface area contributed by atoms with Gasteiger partial charge in [-0.1, -0.05) is 0 Å². The van der Waals surface area contributed by atoms with Crippen LogP contribution in [0.25, 0.3) is 0 Å². The van der Waals surface area contributed by atoms with Crippen molar-refractivity contribution < 1.29 is 19.1 Å². The molecule has 1 amide bonds. The fraction of sp³-hybridized carbons (Fsp3) is 0.667. The van der Waals surface area contributed by atoms with E-state index in [9.17, 15) is 9.90 Å². The van der Waals surface area contributed by atoms with Gasteiger partial charge in [-0.2, -0.15) is 0 Å². The van der Waals surface area contributed by atoms with E-state index in [1.807, 2.05) is 11.0 Å². The summed E-state index contributed by atoms with van der Waals surface area (Å²) in [6, 6.07) is 3.63. The number of furan rings is 1. The first-order chi connectivity index (χ1) is 10.3. The van der Waals surface area contributed by atoms with Gasteiger partial charge in [0.05, 0.1) is 19.0 Å². The molecule has 1 saturated heterocycles. The number of nitrogens with one attached hydrogen (secondary N) is 1. The number of hydrogen-bond donors (Lipinski definition) is 2. The Kier molecular flexibility index (Phi) is 6.72. The fourth-order valence-corrected chi connectivity index (χ4v) is 2.34. The molecule has 1 aromatic rings. The van der Waals surface area contributed by atoms with Gasteiger partial charge in [-0.25, -0.2) is 0 Å². The van der Waals surface area contributed by atoms with Crippen LogP contribution in [0, 0.1) is 0 Å². The number of carbonyl (C=O) groups excluding carboxylic acids is 1. The van der Waals surface area contributed by atoms with E-state index >= 15 is 0 Å². The van der Waals surface area contributed by atoms with E-state index in [0.29, 0.717) is 26.1 Å². The van der Waals surface area contributed by atoms with Gasteiger partial charge in [-0.15, -0.1) is 0 Å². The van der Waals surface area contributed by atoms with Crippen LogP contribution in [0.1, 0.15) is 25.0 Å². The molecular weight excluding hydrogens is 272 g/mol. The van der Waals surface area contributed by atoms with Gasteiger partial charge >= 0.3 is 0 Å². The van der Waals surface area contributed by atoms with Crippen molar-refractivity contribution in [3.8, 4) is 0 Å². The summed E-state index contributed by atoms with van der Waals surface area (Å²) in [5, 5.41) is 12.8. The number of amides is 1. The van der Waals surface area contributed by atoms with Crippen LogP contribution in [0.2, 0.25) is 0 Å². The lowest BCUT2D eigenvalue weighted by molar-refractivity contribution is -0.130. The molecule has 2 heterocycles. The van der Waals surface area contributed by atoms with Gasteiger partial charge in [0.25, 0.3) is 0 Å². The molecule has 0 radical (unpaired) electrons. The molecule has 118 valence electrons. The highest BCUT2D eigenvalue weighted by molar-refractivity contribution is 5.76. The summed E-state index contributed by atoms with van der Waals surface area (Å²) in [7, 11) is 0. The molecule has 1 atom stereocenters. The van der Waals surface area contributed by atoms with Crippen LogP contribution in [0.15, 0.2) is 22.8 Å². The zero-order valence-corrected chi connectivity index (χ0v) is 12.3. The third-order valence-electron chi connectivity index (χ3n) is 3.49. The lowest BCUT2D eigenvalue weighted by Gasteiger charge is -2.16. The molecule has 21 heavy (non-hydrogen) atoms. The zero-order valence-electron chi connectivity index (χ0n) is 12.3. The van der Waals surface area contributed by atoms with E-state index in [1.165, 1.54) is 0 Å². The van der Waals surface area contributed by atoms with Crippen LogP contribution in [-0.4, -0.2) is 54.8 Å². The number of likely N-dealkylation sites (tertiary alicyclic amines) is 1. The number of rotatable bonds is 9. The van der Waals surface area contributed by atoms with Gasteiger partial charge in [0, 0.05) is 32.6 Å². The molecule has 0 aliphatic carbocycles. The van der Waals surface area contributed by atoms with Gasteiger partial charge in [0.2, 0.25) is 5.91 Å². The summed E-state index contributed by atoms with van der Waals surface area (Å²) in [5.74, 6) is 0.940. The fourth-order valence-electron chi connectivity index (χ4n) is 2.34. The smallest absolute Gasteiger partial charge is 0.223 e. The molecular formula is C15H24N2O4. The Hall–Kier alpha value is -1.37. The predicted octanol–water partition coefficient (Wildman–Crippen LogP) is 0.759. The summed E-state index contributed by atoms with van der Waals surface area (Å²) in [6.45, 7) is 3.39. The van der Waals surface area contributed by atoms with Crippen LogP contribution < -0.4 is 5.32 Å². The average molecular weight is 296 g/mol. The first kappa shape index (κ1) is 16.0. The number of aliphatic hydroxyl groups is 1. The second kappa shape index (κ2) is 8.81. The highest BCUT2D eigenvalue weighted by Gasteiger charge is 2.17. The average Bonchev–Trinajstić information content (AvgIpc) is 3.16. The predicted molar refractivity (Wildman–Crippen MR) is 77.7 cm³/mol. The quantitative estimate of drug-likeness (QED) is 0.658. The molecule has 0 aromatic carbocycles. The third kappa shape index (κ3) is 5.87. The molecule has 2 rings (SSSR count). The third-order valence-corrected chi connectivity index (χ3v) is 3.49. The SMILES string of the molecule is O=C(CCNCC(O)COCc1ccco1)N1CCCC1. The molecule has 1 unspecified atom stereocenters. The summed E-state index contributed by atoms with van der Waals surface area (Å²) < 4.78 is 10.5. The second-order valence-electron chi connectivity index (χ2n) is 5.29. The van der Waals surface area contributed by atoms with Gasteiger partial charge in [-0.3, -0.25) is 4.79 Å². The maximum atomic E-state index is 11.8. The maximum Gasteiger partial charge on any atom is 0.223 e. The Morgan fingerprint density at radius 2 is 2.29 bits per heavy atom. The molecule has 6 heteroatoms. The van der Waals surface area contributed by atoms with Crippen molar-refractivity contribution in [3.63, 3.8) is 0 Å². The minimum Gasteiger partial charge on any atom is -0.467 e. The van der Waals surface area contributed by atoms with E-state index in [2.05, 4.69) is 5.32 Å². The lowest BCUT2D eigenvalue weighted by atomic mass is 10.3. The highest BCUT2D eigenvalue weighted by atomic mass is 16.5. The lowest BCUT2D eigenvalue weighted by Crippen LogP contribution is -2.34. The second-order valence-corrected chi connectivity index (χ2v) is 5.29. The molecule has 1 aromatic heterocycles. The zero-order chi connectivity index (χ0) is 14.9. The number of carbonyl (C=O) groups is 1. The molecule has 6 nitrogen and oxygen atoms in total. The van der Waals surface area contributed by atoms with Gasteiger partial charge in [0.1, 0.15) is 12.4 Å². The Bertz CT molecular complexity index is 402. The number of ether oxygens (including phenoxy) is 1. The summed E-state index contributed by atoms with van der Waals surface area (Å²) in [4.78, 5) is 13.7. The molecule has 1 fully saturated rings. The van der Waals surface area contributed by atoms with Crippen molar-refractivity contribution in [1.29, 1.82) is 0 Å². The number of hydrogen-bond acceptors (Lipinski definition) is 5. The first-order valence-electron chi connectivity index (χ1n) is 7.52. The van der Waals surface area contributed by atoms with Gasteiger partial charge in [-0.05, 0) is 25.0 Å². The molecule has 2 N–H and O–H groups in total. The van der Waals surface area contributed by atoms with Gasteiger partial charge < -0.3 is 24.5 Å². The van der Waals surface area contributed by atoms with Crippen molar-refractivity contribution >= 4 is 5.91 Å². The van der Waals surface area contributed by atoms with E-state index in [0.717, 1.165) is 31.7 Å². The Balaban J connectivity index is 1.47. The van der Waals surface area contributed by atoms with Crippen LogP contribution in [0.3, 0.4) is 0 Å². The Morgan fingerprint density at radius 1 is 1.48 bits per heavy atom. The van der Waals surface area contributed by atoms with E-state index in [-0.39, 0.29) is 12.5 Å². The van der Waals surface area contributed by atoms with E-state index in [1.54, 1.807) is 12.3 Å². The molecule has 1 aliphatic heterocycles. The van der Waals surface area contributed by atoms with Crippen molar-refractivity contribution in [2.75, 3.05) is 32.8 Å². The largest absolute Gasteiger partial charge is 0.467 e.